The summed E-state index contributed by atoms with van der Waals surface area (Å²) < 4.78 is 5.66. The average Bonchev–Trinajstić information content (AvgIpc) is 3.48. The summed E-state index contributed by atoms with van der Waals surface area (Å²) in [5, 5.41) is 2.26. The SMILES string of the molecule is CC(C)(C)C1=CS/C(=c2/cc/c(=c3/cc/c(=C4/C(=O)C5=C(CCC=C5)C4=O)s3)s2)S1. The molecule has 2 nitrogen and oxygen atoms in total. The van der Waals surface area contributed by atoms with Crippen LogP contribution < -0.4 is 9.06 Å². The third-order valence-corrected chi connectivity index (χ3v) is 10.8. The highest BCUT2D eigenvalue weighted by Gasteiger charge is 2.35. The standard InChI is InChI=1S/C24H20O2S4/c1-24(2,3)19-12-27-23(30-19)18-11-9-16(29-18)15-8-10-17(28-15)20-21(25)13-6-4-5-7-14(13)22(20)26/h4,6,8-12H,5,7H2,1-3H3/b16-15+,20-17+,23-18+. The number of rotatable bonds is 0. The molecule has 2 aromatic rings. The highest BCUT2D eigenvalue weighted by atomic mass is 32.2. The van der Waals surface area contributed by atoms with Gasteiger partial charge in [-0.3, -0.25) is 9.59 Å². The van der Waals surface area contributed by atoms with Crippen LogP contribution in [-0.2, 0) is 9.59 Å². The first-order chi connectivity index (χ1) is 14.3. The quantitative estimate of drug-likeness (QED) is 0.513. The summed E-state index contributed by atoms with van der Waals surface area (Å²) in [4.78, 5) is 27.0. The largest absolute Gasteiger partial charge is 0.289 e. The van der Waals surface area contributed by atoms with Gasteiger partial charge in [-0.05, 0) is 47.9 Å². The van der Waals surface area contributed by atoms with E-state index in [1.165, 1.54) is 18.2 Å². The molecule has 0 fully saturated rings. The van der Waals surface area contributed by atoms with Crippen molar-refractivity contribution >= 4 is 67.6 Å². The zero-order valence-corrected chi connectivity index (χ0v) is 20.2. The zero-order valence-electron chi connectivity index (χ0n) is 16.9. The fourth-order valence-electron chi connectivity index (χ4n) is 3.60. The lowest BCUT2D eigenvalue weighted by Crippen LogP contribution is -2.12. The van der Waals surface area contributed by atoms with E-state index in [-0.39, 0.29) is 17.0 Å². The molecule has 3 aliphatic rings. The first kappa shape index (κ1) is 20.3. The van der Waals surface area contributed by atoms with Crippen LogP contribution in [0, 0.1) is 14.5 Å². The lowest BCUT2D eigenvalue weighted by molar-refractivity contribution is -0.113. The number of thiophene rings is 2. The summed E-state index contributed by atoms with van der Waals surface area (Å²) in [7, 11) is 0. The molecule has 0 N–H and O–H groups in total. The van der Waals surface area contributed by atoms with E-state index < -0.39 is 0 Å². The van der Waals surface area contributed by atoms with Crippen molar-refractivity contribution in [2.24, 2.45) is 5.41 Å². The molecule has 5 rings (SSSR count). The highest BCUT2D eigenvalue weighted by Crippen LogP contribution is 2.51. The van der Waals surface area contributed by atoms with E-state index in [1.54, 1.807) is 34.4 Å². The van der Waals surface area contributed by atoms with Crippen LogP contribution in [-0.4, -0.2) is 11.6 Å². The Hall–Kier alpha value is -1.60. The number of ketones is 2. The summed E-state index contributed by atoms with van der Waals surface area (Å²) in [5.74, 6) is -0.184. The predicted octanol–water partition coefficient (Wildman–Crippen LogP) is 5.48. The van der Waals surface area contributed by atoms with Crippen molar-refractivity contribution in [1.82, 2.24) is 0 Å². The third kappa shape index (κ3) is 3.44. The van der Waals surface area contributed by atoms with Crippen LogP contribution in [0.1, 0.15) is 33.6 Å². The second kappa shape index (κ2) is 7.52. The summed E-state index contributed by atoms with van der Waals surface area (Å²) in [6.45, 7) is 6.73. The number of hydrogen-bond donors (Lipinski definition) is 0. The van der Waals surface area contributed by atoms with Crippen LogP contribution in [0.15, 0.2) is 57.9 Å². The van der Waals surface area contributed by atoms with Crippen molar-refractivity contribution in [2.45, 2.75) is 33.6 Å². The molecule has 0 atom stereocenters. The van der Waals surface area contributed by atoms with Gasteiger partial charge in [0.15, 0.2) is 11.6 Å². The average molecular weight is 469 g/mol. The minimum atomic E-state index is -0.110. The van der Waals surface area contributed by atoms with Crippen LogP contribution in [0.4, 0.5) is 0 Å². The summed E-state index contributed by atoms with van der Waals surface area (Å²) in [6.07, 6.45) is 5.31. The Bertz CT molecular complexity index is 1400. The van der Waals surface area contributed by atoms with Crippen LogP contribution in [0.5, 0.6) is 0 Å². The van der Waals surface area contributed by atoms with E-state index in [4.69, 9.17) is 0 Å². The van der Waals surface area contributed by atoms with Gasteiger partial charge in [-0.25, -0.2) is 0 Å². The number of hydrogen-bond acceptors (Lipinski definition) is 6. The van der Waals surface area contributed by atoms with Crippen LogP contribution in [0.2, 0.25) is 0 Å². The number of carbonyl (C=O) groups is 2. The molecule has 0 saturated heterocycles. The number of carbonyl (C=O) groups excluding carboxylic acids is 2. The monoisotopic (exact) mass is 468 g/mol. The third-order valence-electron chi connectivity index (χ3n) is 5.26. The Morgan fingerprint density at radius 3 is 2.20 bits per heavy atom. The molecule has 0 unspecified atom stereocenters. The maximum Gasteiger partial charge on any atom is 0.198 e. The normalized spacial score (nSPS) is 24.0. The van der Waals surface area contributed by atoms with Gasteiger partial charge in [-0.1, -0.05) is 56.4 Å². The first-order valence-corrected chi connectivity index (χ1v) is 13.1. The Morgan fingerprint density at radius 1 is 0.867 bits per heavy atom. The molecule has 30 heavy (non-hydrogen) atoms. The molecule has 0 saturated carbocycles. The molecule has 0 bridgehead atoms. The molecule has 0 radical (unpaired) electrons. The Balaban J connectivity index is 1.57. The van der Waals surface area contributed by atoms with Crippen molar-refractivity contribution in [2.75, 3.05) is 0 Å². The molecule has 1 aliphatic heterocycles. The van der Waals surface area contributed by atoms with Crippen molar-refractivity contribution in [3.8, 4) is 0 Å². The van der Waals surface area contributed by atoms with E-state index in [0.29, 0.717) is 23.1 Å². The molecule has 152 valence electrons. The fraction of sp³-hybridized carbons (Fsp3) is 0.250. The van der Waals surface area contributed by atoms with Gasteiger partial charge in [0.2, 0.25) is 0 Å². The van der Waals surface area contributed by atoms with Gasteiger partial charge >= 0.3 is 0 Å². The van der Waals surface area contributed by atoms with E-state index >= 15 is 0 Å². The molecule has 0 amide bonds. The number of allylic oxidation sites excluding steroid dienone is 5. The first-order valence-electron chi connectivity index (χ1n) is 9.82. The molecule has 2 aromatic heterocycles. The fourth-order valence-corrected chi connectivity index (χ4v) is 8.47. The summed E-state index contributed by atoms with van der Waals surface area (Å²) in [5.41, 5.74) is 1.82. The molecule has 0 spiro atoms. The van der Waals surface area contributed by atoms with Crippen LogP contribution >= 0.6 is 46.2 Å². The Kier molecular flexibility index (Phi) is 5.09. The van der Waals surface area contributed by atoms with E-state index in [0.717, 1.165) is 15.5 Å². The smallest absolute Gasteiger partial charge is 0.198 e. The van der Waals surface area contributed by atoms with Crippen LogP contribution in [0.25, 0.3) is 9.81 Å². The van der Waals surface area contributed by atoms with Gasteiger partial charge in [0.1, 0.15) is 0 Å². The topological polar surface area (TPSA) is 34.1 Å². The molecule has 6 heteroatoms. The van der Waals surface area contributed by atoms with Crippen molar-refractivity contribution < 1.29 is 9.59 Å². The molecule has 0 aromatic carbocycles. The highest BCUT2D eigenvalue weighted by molar-refractivity contribution is 8.35. The van der Waals surface area contributed by atoms with Gasteiger partial charge in [0.25, 0.3) is 0 Å². The van der Waals surface area contributed by atoms with Crippen molar-refractivity contribution in [3.05, 3.63) is 76.0 Å². The van der Waals surface area contributed by atoms with Gasteiger partial charge in [0.05, 0.1) is 9.81 Å². The molecule has 2 aliphatic carbocycles. The number of Topliss-reactive ketones (excluding diaryl/α,β-unsaturated/α-hetero) is 2. The van der Waals surface area contributed by atoms with E-state index in [2.05, 4.69) is 38.3 Å². The van der Waals surface area contributed by atoms with Gasteiger partial charge in [-0.2, -0.15) is 0 Å². The predicted molar refractivity (Wildman–Crippen MR) is 131 cm³/mol. The lowest BCUT2D eigenvalue weighted by Gasteiger charge is -2.18. The zero-order chi connectivity index (χ0) is 21.0. The lowest BCUT2D eigenvalue weighted by atomic mass is 9.97. The molecular weight excluding hydrogens is 449 g/mol. The molecule has 3 heterocycles. The van der Waals surface area contributed by atoms with E-state index in [1.807, 2.05) is 36.0 Å². The van der Waals surface area contributed by atoms with Gasteiger partial charge in [0, 0.05) is 34.2 Å². The van der Waals surface area contributed by atoms with Gasteiger partial charge in [-0.15, -0.1) is 22.7 Å². The van der Waals surface area contributed by atoms with Gasteiger partial charge < -0.3 is 0 Å². The number of thioether (sulfide) groups is 2. The van der Waals surface area contributed by atoms with Crippen molar-refractivity contribution in [1.29, 1.82) is 0 Å². The second-order valence-corrected chi connectivity index (χ2v) is 12.8. The summed E-state index contributed by atoms with van der Waals surface area (Å²) >= 11 is 6.98. The maximum atomic E-state index is 12.8. The Labute approximate surface area is 191 Å². The minimum absolute atomic E-state index is 0.0743. The minimum Gasteiger partial charge on any atom is -0.289 e. The van der Waals surface area contributed by atoms with Crippen LogP contribution in [0.3, 0.4) is 0 Å². The second-order valence-electron chi connectivity index (χ2n) is 8.43. The van der Waals surface area contributed by atoms with E-state index in [9.17, 15) is 9.59 Å². The maximum absolute atomic E-state index is 12.8. The summed E-state index contributed by atoms with van der Waals surface area (Å²) in [6, 6.07) is 8.29. The van der Waals surface area contributed by atoms with Crippen molar-refractivity contribution in [3.63, 3.8) is 0 Å². The Morgan fingerprint density at radius 2 is 1.53 bits per heavy atom. The molecular formula is C24H20O2S4.